The number of nitrogens with one attached hydrogen (secondary N) is 2. The SMILES string of the molecule is COC(=O)CN1C(=O)CCC(NC(=O)c2cccc3[nH]c(C)nc23)C1=O. The smallest absolute Gasteiger partial charge is 0.325 e. The lowest BCUT2D eigenvalue weighted by atomic mass is 10.0. The van der Waals surface area contributed by atoms with E-state index in [1.807, 2.05) is 0 Å². The Hall–Kier alpha value is -3.23. The van der Waals surface area contributed by atoms with E-state index in [4.69, 9.17) is 0 Å². The number of methoxy groups -OCH3 is 1. The molecule has 1 unspecified atom stereocenters. The Morgan fingerprint density at radius 3 is 2.88 bits per heavy atom. The van der Waals surface area contributed by atoms with E-state index in [2.05, 4.69) is 20.0 Å². The van der Waals surface area contributed by atoms with Gasteiger partial charge in [0.05, 0.1) is 18.2 Å². The molecule has 2 N–H and O–H groups in total. The zero-order chi connectivity index (χ0) is 18.8. The maximum atomic E-state index is 12.6. The largest absolute Gasteiger partial charge is 0.468 e. The Morgan fingerprint density at radius 2 is 2.15 bits per heavy atom. The van der Waals surface area contributed by atoms with Crippen LogP contribution < -0.4 is 5.32 Å². The fourth-order valence-corrected chi connectivity index (χ4v) is 2.91. The van der Waals surface area contributed by atoms with E-state index in [0.717, 1.165) is 4.90 Å². The topological polar surface area (TPSA) is 121 Å². The fourth-order valence-electron chi connectivity index (χ4n) is 2.91. The number of carbonyl (C=O) groups is 4. The predicted octanol–water partition coefficient (Wildman–Crippen LogP) is 0.292. The number of hydrogen-bond donors (Lipinski definition) is 2. The van der Waals surface area contributed by atoms with Crippen molar-refractivity contribution in [2.45, 2.75) is 25.8 Å². The average Bonchev–Trinajstić information content (AvgIpc) is 3.00. The van der Waals surface area contributed by atoms with E-state index < -0.39 is 36.3 Å². The number of H-pyrrole nitrogens is 1. The molecule has 1 saturated heterocycles. The van der Waals surface area contributed by atoms with E-state index in [-0.39, 0.29) is 12.8 Å². The highest BCUT2D eigenvalue weighted by Crippen LogP contribution is 2.18. The van der Waals surface area contributed by atoms with Gasteiger partial charge in [0, 0.05) is 6.42 Å². The molecule has 0 aliphatic carbocycles. The van der Waals surface area contributed by atoms with Crippen LogP contribution in [0, 0.1) is 6.92 Å². The van der Waals surface area contributed by atoms with Crippen molar-refractivity contribution in [1.82, 2.24) is 20.2 Å². The number of likely N-dealkylation sites (tertiary alicyclic amines) is 1. The molecule has 1 atom stereocenters. The van der Waals surface area contributed by atoms with Gasteiger partial charge in [0.2, 0.25) is 5.91 Å². The molecule has 9 heteroatoms. The molecule has 2 heterocycles. The molecule has 1 aliphatic rings. The van der Waals surface area contributed by atoms with Gasteiger partial charge in [-0.05, 0) is 25.5 Å². The van der Waals surface area contributed by atoms with E-state index in [9.17, 15) is 19.2 Å². The molecule has 2 aromatic rings. The normalized spacial score (nSPS) is 17.5. The quantitative estimate of drug-likeness (QED) is 0.598. The van der Waals surface area contributed by atoms with Crippen LogP contribution >= 0.6 is 0 Å². The summed E-state index contributed by atoms with van der Waals surface area (Å²) in [6, 6.07) is 4.24. The number of rotatable bonds is 4. The molecule has 0 radical (unpaired) electrons. The van der Waals surface area contributed by atoms with Crippen molar-refractivity contribution in [3.63, 3.8) is 0 Å². The number of piperidine rings is 1. The minimum absolute atomic E-state index is 0.0550. The summed E-state index contributed by atoms with van der Waals surface area (Å²) < 4.78 is 4.50. The lowest BCUT2D eigenvalue weighted by molar-refractivity contribution is -0.157. The second kappa shape index (κ2) is 6.95. The number of fused-ring (bicyclic) bond motifs is 1. The predicted molar refractivity (Wildman–Crippen MR) is 90.1 cm³/mol. The highest BCUT2D eigenvalue weighted by Gasteiger charge is 2.36. The maximum absolute atomic E-state index is 12.6. The molecular formula is C17H18N4O5. The molecule has 1 fully saturated rings. The summed E-state index contributed by atoms with van der Waals surface area (Å²) in [5.41, 5.74) is 1.55. The Balaban J connectivity index is 1.79. The van der Waals surface area contributed by atoms with Gasteiger partial charge in [0.15, 0.2) is 0 Å². The van der Waals surface area contributed by atoms with Gasteiger partial charge in [-0.15, -0.1) is 0 Å². The van der Waals surface area contributed by atoms with Crippen molar-refractivity contribution in [3.8, 4) is 0 Å². The third-order valence-corrected chi connectivity index (χ3v) is 4.21. The zero-order valence-corrected chi connectivity index (χ0v) is 14.4. The standard InChI is InChI=1S/C17H18N4O5/c1-9-18-11-5-3-4-10(15(11)19-9)16(24)20-12-6-7-13(22)21(17(12)25)8-14(23)26-2/h3-5,12H,6-8H2,1-2H3,(H,18,19)(H,20,24). The summed E-state index contributed by atoms with van der Waals surface area (Å²) in [5, 5.41) is 2.64. The van der Waals surface area contributed by atoms with Gasteiger partial charge >= 0.3 is 5.97 Å². The number of amides is 3. The number of imide groups is 1. The molecule has 0 bridgehead atoms. The van der Waals surface area contributed by atoms with Crippen LogP contribution in [0.4, 0.5) is 0 Å². The van der Waals surface area contributed by atoms with E-state index in [1.54, 1.807) is 25.1 Å². The van der Waals surface area contributed by atoms with E-state index >= 15 is 0 Å². The number of imidazole rings is 1. The molecule has 136 valence electrons. The van der Waals surface area contributed by atoms with Crippen molar-refractivity contribution in [2.75, 3.05) is 13.7 Å². The van der Waals surface area contributed by atoms with Crippen molar-refractivity contribution in [3.05, 3.63) is 29.6 Å². The van der Waals surface area contributed by atoms with Crippen molar-refractivity contribution in [2.24, 2.45) is 0 Å². The molecule has 3 amide bonds. The van der Waals surface area contributed by atoms with Gasteiger partial charge in [-0.3, -0.25) is 24.1 Å². The number of aryl methyl sites for hydroxylation is 1. The van der Waals surface area contributed by atoms with Crippen molar-refractivity contribution in [1.29, 1.82) is 0 Å². The number of aromatic amines is 1. The van der Waals surface area contributed by atoms with Crippen molar-refractivity contribution >= 4 is 34.7 Å². The van der Waals surface area contributed by atoms with E-state index in [1.165, 1.54) is 7.11 Å². The van der Waals surface area contributed by atoms with Crippen LogP contribution in [0.5, 0.6) is 0 Å². The molecule has 1 aromatic carbocycles. The number of nitrogens with zero attached hydrogens (tertiary/aromatic N) is 2. The monoisotopic (exact) mass is 358 g/mol. The molecule has 3 rings (SSSR count). The van der Waals surface area contributed by atoms with Crippen LogP contribution in [-0.2, 0) is 19.1 Å². The second-order valence-corrected chi connectivity index (χ2v) is 5.98. The molecule has 0 spiro atoms. The molecule has 9 nitrogen and oxygen atoms in total. The van der Waals surface area contributed by atoms with Gasteiger partial charge in [-0.2, -0.15) is 0 Å². The van der Waals surface area contributed by atoms with Crippen LogP contribution in [0.1, 0.15) is 29.0 Å². The van der Waals surface area contributed by atoms with Crippen LogP contribution in [0.3, 0.4) is 0 Å². The summed E-state index contributed by atoms with van der Waals surface area (Å²) in [5.74, 6) is -1.58. The molecule has 1 aromatic heterocycles. The Bertz CT molecular complexity index is 904. The Labute approximate surface area is 148 Å². The van der Waals surface area contributed by atoms with E-state index in [0.29, 0.717) is 22.4 Å². The lowest BCUT2D eigenvalue weighted by Crippen LogP contribution is -2.55. The number of carbonyl (C=O) groups excluding carboxylic acids is 4. The first-order valence-electron chi connectivity index (χ1n) is 8.08. The van der Waals surface area contributed by atoms with Crippen LogP contribution in [0.2, 0.25) is 0 Å². The molecule has 26 heavy (non-hydrogen) atoms. The summed E-state index contributed by atoms with van der Waals surface area (Å²) >= 11 is 0. The zero-order valence-electron chi connectivity index (χ0n) is 14.4. The molecule has 0 saturated carbocycles. The minimum atomic E-state index is -0.889. The summed E-state index contributed by atoms with van der Waals surface area (Å²) in [7, 11) is 1.17. The first-order chi connectivity index (χ1) is 12.4. The molecular weight excluding hydrogens is 340 g/mol. The van der Waals surface area contributed by atoms with Gasteiger partial charge in [0.25, 0.3) is 11.8 Å². The fraction of sp³-hybridized carbons (Fsp3) is 0.353. The maximum Gasteiger partial charge on any atom is 0.325 e. The van der Waals surface area contributed by atoms with Crippen LogP contribution in [0.15, 0.2) is 18.2 Å². The second-order valence-electron chi connectivity index (χ2n) is 5.98. The lowest BCUT2D eigenvalue weighted by Gasteiger charge is -2.30. The van der Waals surface area contributed by atoms with Gasteiger partial charge in [-0.25, -0.2) is 4.98 Å². The first-order valence-corrected chi connectivity index (χ1v) is 8.08. The van der Waals surface area contributed by atoms with Crippen LogP contribution in [0.25, 0.3) is 11.0 Å². The molecule has 1 aliphatic heterocycles. The first kappa shape index (κ1) is 17.6. The minimum Gasteiger partial charge on any atom is -0.468 e. The van der Waals surface area contributed by atoms with Crippen LogP contribution in [-0.4, -0.2) is 58.3 Å². The Morgan fingerprint density at radius 1 is 1.38 bits per heavy atom. The number of benzene rings is 1. The van der Waals surface area contributed by atoms with Crippen molar-refractivity contribution < 1.29 is 23.9 Å². The Kier molecular flexibility index (Phi) is 4.70. The summed E-state index contributed by atoms with van der Waals surface area (Å²) in [6.07, 6.45) is 0.232. The van der Waals surface area contributed by atoms with Gasteiger partial charge in [-0.1, -0.05) is 6.07 Å². The van der Waals surface area contributed by atoms with Gasteiger partial charge < -0.3 is 15.0 Å². The third-order valence-electron chi connectivity index (χ3n) is 4.21. The number of aromatic nitrogens is 2. The number of ether oxygens (including phenoxy) is 1. The summed E-state index contributed by atoms with van der Waals surface area (Å²) in [6.45, 7) is 1.32. The third kappa shape index (κ3) is 3.28. The van der Waals surface area contributed by atoms with Gasteiger partial charge in [0.1, 0.15) is 23.9 Å². The summed E-state index contributed by atoms with van der Waals surface area (Å²) in [4.78, 5) is 56.6. The highest BCUT2D eigenvalue weighted by atomic mass is 16.5. The number of esters is 1. The average molecular weight is 358 g/mol. The number of hydrogen-bond acceptors (Lipinski definition) is 6. The number of para-hydroxylation sites is 1. The highest BCUT2D eigenvalue weighted by molar-refractivity contribution is 6.08.